The molecule has 5 nitrogen and oxygen atoms in total. The molecule has 0 saturated heterocycles. The van der Waals surface area contributed by atoms with Gasteiger partial charge in [-0.1, -0.05) is 37.5 Å². The lowest BCUT2D eigenvalue weighted by Crippen LogP contribution is -2.15. The molecule has 0 aromatic heterocycles. The van der Waals surface area contributed by atoms with Crippen molar-refractivity contribution in [1.82, 2.24) is 0 Å². The highest BCUT2D eigenvalue weighted by Crippen LogP contribution is 2.26. The number of nitro groups is 1. The lowest BCUT2D eigenvalue weighted by molar-refractivity contribution is -0.398. The highest BCUT2D eigenvalue weighted by Gasteiger charge is 2.18. The van der Waals surface area contributed by atoms with E-state index < -0.39 is 16.4 Å². The van der Waals surface area contributed by atoms with Crippen LogP contribution in [0.5, 0.6) is 5.75 Å². The van der Waals surface area contributed by atoms with Gasteiger partial charge in [0.15, 0.2) is 5.78 Å². The zero-order chi connectivity index (χ0) is 14.5. The Hall–Kier alpha value is -2.17. The first-order chi connectivity index (χ1) is 9.58. The first kappa shape index (κ1) is 14.2. The third-order valence-corrected chi connectivity index (χ3v) is 3.63. The van der Waals surface area contributed by atoms with E-state index in [1.54, 1.807) is 6.08 Å². The molecule has 1 aliphatic rings. The van der Waals surface area contributed by atoms with Crippen LogP contribution in [0.2, 0.25) is 0 Å². The maximum atomic E-state index is 12.0. The number of carbonyl (C=O) groups excluding carboxylic acids is 1. The molecule has 1 aliphatic carbocycles. The Morgan fingerprint density at radius 1 is 1.25 bits per heavy atom. The van der Waals surface area contributed by atoms with Crippen LogP contribution in [0.25, 0.3) is 6.08 Å². The second kappa shape index (κ2) is 6.32. The highest BCUT2D eigenvalue weighted by molar-refractivity contribution is 5.95. The van der Waals surface area contributed by atoms with E-state index >= 15 is 0 Å². The lowest BCUT2D eigenvalue weighted by atomic mass is 9.86. The second-order valence-corrected chi connectivity index (χ2v) is 5.05. The van der Waals surface area contributed by atoms with Crippen LogP contribution in [0.4, 0.5) is 5.69 Å². The van der Waals surface area contributed by atoms with E-state index in [9.17, 15) is 20.0 Å². The van der Waals surface area contributed by atoms with Crippen LogP contribution >= 0.6 is 0 Å². The monoisotopic (exact) mass is 274 g/mol. The standard InChI is InChI=1S/C15H17NO4/c17-14(12-4-2-1-3-5-12)8-6-11-7-9-15(18)13(10-11)16(19)20/h6-10,12,18H,1-5H2/p-1/b8-6+. The fourth-order valence-corrected chi connectivity index (χ4v) is 2.48. The highest BCUT2D eigenvalue weighted by atomic mass is 16.6. The van der Waals surface area contributed by atoms with Gasteiger partial charge in [-0.3, -0.25) is 14.9 Å². The number of nitrogens with zero attached hydrogens (tertiary/aromatic N) is 1. The van der Waals surface area contributed by atoms with Crippen molar-refractivity contribution in [3.05, 3.63) is 40.0 Å². The molecule has 0 unspecified atom stereocenters. The van der Waals surface area contributed by atoms with E-state index in [0.29, 0.717) is 5.56 Å². The van der Waals surface area contributed by atoms with Crippen LogP contribution < -0.4 is 5.11 Å². The van der Waals surface area contributed by atoms with Gasteiger partial charge in [-0.25, -0.2) is 0 Å². The average Bonchev–Trinajstić information content (AvgIpc) is 2.46. The molecule has 2 rings (SSSR count). The third kappa shape index (κ3) is 3.44. The Morgan fingerprint density at radius 2 is 1.95 bits per heavy atom. The Balaban J connectivity index is 2.09. The number of hydrogen-bond acceptors (Lipinski definition) is 4. The second-order valence-electron chi connectivity index (χ2n) is 5.05. The normalized spacial score (nSPS) is 16.4. The molecule has 0 amide bonds. The molecule has 1 aromatic carbocycles. The lowest BCUT2D eigenvalue weighted by Gasteiger charge is -2.18. The van der Waals surface area contributed by atoms with Crippen molar-refractivity contribution in [2.75, 3.05) is 0 Å². The van der Waals surface area contributed by atoms with E-state index in [1.807, 2.05) is 0 Å². The van der Waals surface area contributed by atoms with E-state index in [1.165, 1.54) is 24.6 Å². The van der Waals surface area contributed by atoms with Crippen LogP contribution in [0.15, 0.2) is 24.3 Å². The van der Waals surface area contributed by atoms with Crippen molar-refractivity contribution in [3.8, 4) is 5.75 Å². The van der Waals surface area contributed by atoms with E-state index in [-0.39, 0.29) is 11.7 Å². The van der Waals surface area contributed by atoms with Crippen molar-refractivity contribution in [2.45, 2.75) is 32.1 Å². The molecule has 106 valence electrons. The van der Waals surface area contributed by atoms with Gasteiger partial charge >= 0.3 is 0 Å². The third-order valence-electron chi connectivity index (χ3n) is 3.63. The van der Waals surface area contributed by atoms with Crippen LogP contribution in [0, 0.1) is 16.0 Å². The minimum absolute atomic E-state index is 0.0681. The minimum atomic E-state index is -0.706. The van der Waals surface area contributed by atoms with Gasteiger partial charge < -0.3 is 5.11 Å². The summed E-state index contributed by atoms with van der Waals surface area (Å²) in [5.74, 6) is -0.474. The van der Waals surface area contributed by atoms with Crippen LogP contribution in [-0.4, -0.2) is 10.7 Å². The largest absolute Gasteiger partial charge is 0.868 e. The number of carbonyl (C=O) groups is 1. The minimum Gasteiger partial charge on any atom is -0.868 e. The molecular formula is C15H16NO4-. The summed E-state index contributed by atoms with van der Waals surface area (Å²) < 4.78 is 0. The van der Waals surface area contributed by atoms with Crippen LogP contribution in [-0.2, 0) is 4.79 Å². The maximum absolute atomic E-state index is 12.0. The van der Waals surface area contributed by atoms with Crippen LogP contribution in [0.3, 0.4) is 0 Å². The summed E-state index contributed by atoms with van der Waals surface area (Å²) in [6.45, 7) is 0. The zero-order valence-corrected chi connectivity index (χ0v) is 11.1. The summed E-state index contributed by atoms with van der Waals surface area (Å²) in [6, 6.07) is 3.84. The van der Waals surface area contributed by atoms with Gasteiger partial charge in [0.05, 0.1) is 4.92 Å². The van der Waals surface area contributed by atoms with E-state index in [4.69, 9.17) is 0 Å². The first-order valence-electron chi connectivity index (χ1n) is 6.75. The van der Waals surface area contributed by atoms with E-state index in [0.717, 1.165) is 31.7 Å². The SMILES string of the molecule is O=C(/C=C/c1ccc([O-])c([N+](=O)[O-])c1)C1CCCCC1. The number of hydrogen-bond donors (Lipinski definition) is 0. The van der Waals surface area contributed by atoms with Gasteiger partial charge in [0, 0.05) is 12.0 Å². The molecule has 1 aromatic rings. The van der Waals surface area contributed by atoms with Gasteiger partial charge in [0.2, 0.25) is 0 Å². The number of ketones is 1. The van der Waals surface area contributed by atoms with Crippen molar-refractivity contribution in [3.63, 3.8) is 0 Å². The van der Waals surface area contributed by atoms with Gasteiger partial charge in [0.25, 0.3) is 5.69 Å². The Kier molecular flexibility index (Phi) is 4.50. The number of allylic oxidation sites excluding steroid dienone is 1. The summed E-state index contributed by atoms with van der Waals surface area (Å²) in [5.41, 5.74) is 0.0396. The summed E-state index contributed by atoms with van der Waals surface area (Å²) in [7, 11) is 0. The topological polar surface area (TPSA) is 83.3 Å². The summed E-state index contributed by atoms with van der Waals surface area (Å²) >= 11 is 0. The molecule has 0 heterocycles. The predicted octanol–water partition coefficient (Wildman–Crippen LogP) is 2.83. The number of nitro benzene ring substituents is 1. The molecule has 5 heteroatoms. The van der Waals surface area contributed by atoms with Gasteiger partial charge in [-0.2, -0.15) is 0 Å². The molecule has 0 bridgehead atoms. The molecular weight excluding hydrogens is 258 g/mol. The fourth-order valence-electron chi connectivity index (χ4n) is 2.48. The first-order valence-corrected chi connectivity index (χ1v) is 6.75. The molecule has 0 atom stereocenters. The van der Waals surface area contributed by atoms with Crippen molar-refractivity contribution in [2.24, 2.45) is 5.92 Å². The predicted molar refractivity (Wildman–Crippen MR) is 73.2 cm³/mol. The number of rotatable bonds is 4. The van der Waals surface area contributed by atoms with Gasteiger partial charge in [0.1, 0.15) is 0 Å². The molecule has 0 spiro atoms. The zero-order valence-electron chi connectivity index (χ0n) is 11.1. The van der Waals surface area contributed by atoms with Crippen molar-refractivity contribution in [1.29, 1.82) is 0 Å². The summed E-state index contributed by atoms with van der Waals surface area (Å²) in [4.78, 5) is 21.9. The quantitative estimate of drug-likeness (QED) is 0.480. The summed E-state index contributed by atoms with van der Waals surface area (Å²) in [6.07, 6.45) is 8.21. The number of benzene rings is 1. The molecule has 0 N–H and O–H groups in total. The molecule has 20 heavy (non-hydrogen) atoms. The molecule has 0 radical (unpaired) electrons. The smallest absolute Gasteiger partial charge is 0.262 e. The Labute approximate surface area is 117 Å². The van der Waals surface area contributed by atoms with E-state index in [2.05, 4.69) is 0 Å². The van der Waals surface area contributed by atoms with Crippen molar-refractivity contribution >= 4 is 17.5 Å². The maximum Gasteiger partial charge on any atom is 0.262 e. The molecule has 1 fully saturated rings. The molecule has 0 aliphatic heterocycles. The van der Waals surface area contributed by atoms with Gasteiger partial charge in [-0.05, 0) is 30.2 Å². The Morgan fingerprint density at radius 3 is 2.60 bits per heavy atom. The van der Waals surface area contributed by atoms with Crippen LogP contribution in [0.1, 0.15) is 37.7 Å². The van der Waals surface area contributed by atoms with Crippen molar-refractivity contribution < 1.29 is 14.8 Å². The van der Waals surface area contributed by atoms with Gasteiger partial charge in [-0.15, -0.1) is 0 Å². The average molecular weight is 274 g/mol. The Bertz CT molecular complexity index is 545. The molecule has 1 saturated carbocycles. The fraction of sp³-hybridized carbons (Fsp3) is 0.400. The summed E-state index contributed by atoms with van der Waals surface area (Å²) in [5, 5.41) is 21.9.